The first-order valence-corrected chi connectivity index (χ1v) is 7.50. The van der Waals surface area contributed by atoms with E-state index in [4.69, 9.17) is 0 Å². The molecule has 0 spiro atoms. The fourth-order valence-electron chi connectivity index (χ4n) is 2.22. The molecule has 1 N–H and O–H groups in total. The second kappa shape index (κ2) is 4.61. The molecule has 5 heteroatoms. The van der Waals surface area contributed by atoms with Gasteiger partial charge in [0.05, 0.1) is 5.57 Å². The smallest absolute Gasteiger partial charge is 0.267 e. The monoisotopic (exact) mass is 285 g/mol. The Morgan fingerprint density at radius 1 is 0.750 bits per heavy atom. The molecule has 1 amide bonds. The van der Waals surface area contributed by atoms with Crippen molar-refractivity contribution in [2.75, 3.05) is 0 Å². The van der Waals surface area contributed by atoms with E-state index in [9.17, 15) is 13.2 Å². The van der Waals surface area contributed by atoms with Crippen LogP contribution in [0.1, 0.15) is 11.1 Å². The Hall–Kier alpha value is -2.40. The summed E-state index contributed by atoms with van der Waals surface area (Å²) in [5.74, 6) is -0.588. The van der Waals surface area contributed by atoms with Gasteiger partial charge in [0.15, 0.2) is 0 Å². The van der Waals surface area contributed by atoms with Crippen LogP contribution in [0.2, 0.25) is 0 Å². The first-order chi connectivity index (χ1) is 9.59. The Morgan fingerprint density at radius 3 is 1.80 bits per heavy atom. The van der Waals surface area contributed by atoms with Crippen LogP contribution >= 0.6 is 0 Å². The Balaban J connectivity index is 2.33. The molecule has 0 unspecified atom stereocenters. The van der Waals surface area contributed by atoms with Crippen LogP contribution in [0.3, 0.4) is 0 Å². The lowest BCUT2D eigenvalue weighted by atomic mass is 10.0. The molecule has 100 valence electrons. The maximum Gasteiger partial charge on any atom is 0.267 e. The normalized spacial score (nSPS) is 17.1. The van der Waals surface area contributed by atoms with E-state index in [2.05, 4.69) is 0 Å². The van der Waals surface area contributed by atoms with Crippen LogP contribution in [0.15, 0.2) is 60.7 Å². The van der Waals surface area contributed by atoms with Crippen molar-refractivity contribution < 1.29 is 13.2 Å². The summed E-state index contributed by atoms with van der Waals surface area (Å²) >= 11 is 0. The van der Waals surface area contributed by atoms with Gasteiger partial charge in [-0.15, -0.1) is 0 Å². The van der Waals surface area contributed by atoms with Crippen molar-refractivity contribution in [2.24, 2.45) is 0 Å². The van der Waals surface area contributed by atoms with Crippen molar-refractivity contribution in [1.82, 2.24) is 4.72 Å². The van der Waals surface area contributed by atoms with E-state index >= 15 is 0 Å². The third-order valence-electron chi connectivity index (χ3n) is 3.05. The number of nitrogens with one attached hydrogen (secondary N) is 1. The van der Waals surface area contributed by atoms with Crippen molar-refractivity contribution in [1.29, 1.82) is 0 Å². The summed E-state index contributed by atoms with van der Waals surface area (Å²) in [6.07, 6.45) is 0. The van der Waals surface area contributed by atoms with Crippen LogP contribution in [0, 0.1) is 0 Å². The van der Waals surface area contributed by atoms with E-state index in [1.165, 1.54) is 0 Å². The number of benzene rings is 2. The summed E-state index contributed by atoms with van der Waals surface area (Å²) in [4.78, 5) is 12.1. The van der Waals surface area contributed by atoms with Crippen LogP contribution in [-0.2, 0) is 14.8 Å². The summed E-state index contributed by atoms with van der Waals surface area (Å²) in [5, 5.41) is 0. The highest BCUT2D eigenvalue weighted by Gasteiger charge is 2.36. The summed E-state index contributed by atoms with van der Waals surface area (Å²) in [7, 11) is -3.81. The maximum absolute atomic E-state index is 12.2. The molecule has 0 atom stereocenters. The summed E-state index contributed by atoms with van der Waals surface area (Å²) < 4.78 is 26.4. The fourth-order valence-corrected chi connectivity index (χ4v) is 3.59. The molecule has 1 aliphatic rings. The van der Waals surface area contributed by atoms with Crippen LogP contribution < -0.4 is 4.72 Å². The summed E-state index contributed by atoms with van der Waals surface area (Å²) in [6, 6.07) is 17.4. The quantitative estimate of drug-likeness (QED) is 0.918. The standard InChI is InChI=1S/C15H11NO3S/c17-15-13(11-7-3-1-4-8-11)14(20(18,19)16-15)12-9-5-2-6-10-12/h1-10H,(H,16,17). The largest absolute Gasteiger partial charge is 0.268 e. The molecule has 0 radical (unpaired) electrons. The molecular formula is C15H11NO3S. The van der Waals surface area contributed by atoms with E-state index in [-0.39, 0.29) is 10.5 Å². The molecule has 2 aromatic rings. The predicted octanol–water partition coefficient (Wildman–Crippen LogP) is 2.01. The van der Waals surface area contributed by atoms with Gasteiger partial charge in [-0.25, -0.2) is 13.1 Å². The van der Waals surface area contributed by atoms with Gasteiger partial charge in [-0.3, -0.25) is 4.79 Å². The summed E-state index contributed by atoms with van der Waals surface area (Å²) in [6.45, 7) is 0. The van der Waals surface area contributed by atoms with E-state index < -0.39 is 15.9 Å². The molecule has 0 saturated carbocycles. The second-order valence-corrected chi connectivity index (χ2v) is 5.99. The van der Waals surface area contributed by atoms with Gasteiger partial charge in [-0.2, -0.15) is 0 Å². The van der Waals surface area contributed by atoms with Crippen molar-refractivity contribution in [3.8, 4) is 0 Å². The Labute approximate surface area is 116 Å². The topological polar surface area (TPSA) is 63.2 Å². The number of amides is 1. The van der Waals surface area contributed by atoms with Crippen LogP contribution in [0.5, 0.6) is 0 Å². The highest BCUT2D eigenvalue weighted by molar-refractivity contribution is 8.00. The molecule has 1 heterocycles. The molecule has 0 fully saturated rings. The van der Waals surface area contributed by atoms with Crippen LogP contribution in [0.4, 0.5) is 0 Å². The molecule has 2 aromatic carbocycles. The first-order valence-electron chi connectivity index (χ1n) is 6.02. The minimum absolute atomic E-state index is 0.0364. The first kappa shape index (κ1) is 12.6. The third kappa shape index (κ3) is 2.02. The van der Waals surface area contributed by atoms with Crippen molar-refractivity contribution >= 4 is 26.4 Å². The van der Waals surface area contributed by atoms with E-state index in [0.717, 1.165) is 0 Å². The zero-order valence-electron chi connectivity index (χ0n) is 10.4. The lowest BCUT2D eigenvalue weighted by molar-refractivity contribution is -0.113. The average Bonchev–Trinajstić information content (AvgIpc) is 2.70. The third-order valence-corrected chi connectivity index (χ3v) is 4.48. The molecule has 0 aliphatic carbocycles. The second-order valence-electron chi connectivity index (χ2n) is 4.37. The van der Waals surface area contributed by atoms with E-state index in [1.807, 2.05) is 10.8 Å². The lowest BCUT2D eigenvalue weighted by Gasteiger charge is -2.04. The van der Waals surface area contributed by atoms with Crippen LogP contribution in [0.25, 0.3) is 10.5 Å². The Morgan fingerprint density at radius 2 is 1.25 bits per heavy atom. The molecule has 1 aliphatic heterocycles. The van der Waals surface area contributed by atoms with Gasteiger partial charge in [0, 0.05) is 0 Å². The zero-order chi connectivity index (χ0) is 14.2. The van der Waals surface area contributed by atoms with Crippen molar-refractivity contribution in [3.63, 3.8) is 0 Å². The van der Waals surface area contributed by atoms with Gasteiger partial charge in [0.1, 0.15) is 4.91 Å². The van der Waals surface area contributed by atoms with E-state index in [0.29, 0.717) is 11.1 Å². The van der Waals surface area contributed by atoms with Gasteiger partial charge in [0.2, 0.25) is 0 Å². The lowest BCUT2D eigenvalue weighted by Crippen LogP contribution is -2.23. The fraction of sp³-hybridized carbons (Fsp3) is 0. The summed E-state index contributed by atoms with van der Waals surface area (Å²) in [5.41, 5.74) is 1.28. The van der Waals surface area contributed by atoms with Gasteiger partial charge in [-0.1, -0.05) is 60.7 Å². The number of hydrogen-bond acceptors (Lipinski definition) is 3. The number of rotatable bonds is 2. The Kier molecular flexibility index (Phi) is 2.91. The molecule has 0 aromatic heterocycles. The number of carbonyl (C=O) groups is 1. The van der Waals surface area contributed by atoms with Crippen LogP contribution in [-0.4, -0.2) is 14.3 Å². The van der Waals surface area contributed by atoms with Gasteiger partial charge < -0.3 is 0 Å². The van der Waals surface area contributed by atoms with Gasteiger partial charge in [0.25, 0.3) is 15.9 Å². The maximum atomic E-state index is 12.2. The number of hydrogen-bond donors (Lipinski definition) is 1. The zero-order valence-corrected chi connectivity index (χ0v) is 11.2. The van der Waals surface area contributed by atoms with Crippen molar-refractivity contribution in [3.05, 3.63) is 71.8 Å². The minimum Gasteiger partial charge on any atom is -0.268 e. The Bertz CT molecular complexity index is 794. The number of carbonyl (C=O) groups excluding carboxylic acids is 1. The minimum atomic E-state index is -3.81. The highest BCUT2D eigenvalue weighted by atomic mass is 32.2. The van der Waals surface area contributed by atoms with E-state index in [1.54, 1.807) is 54.6 Å². The molecular weight excluding hydrogens is 274 g/mol. The van der Waals surface area contributed by atoms with Gasteiger partial charge in [-0.05, 0) is 11.1 Å². The van der Waals surface area contributed by atoms with Gasteiger partial charge >= 0.3 is 0 Å². The highest BCUT2D eigenvalue weighted by Crippen LogP contribution is 2.34. The number of sulfonamides is 1. The molecule has 0 saturated heterocycles. The molecule has 3 rings (SSSR count). The van der Waals surface area contributed by atoms with Crippen molar-refractivity contribution in [2.45, 2.75) is 0 Å². The average molecular weight is 285 g/mol. The molecule has 20 heavy (non-hydrogen) atoms. The molecule has 0 bridgehead atoms. The molecule has 4 nitrogen and oxygen atoms in total. The predicted molar refractivity (Wildman–Crippen MR) is 76.8 cm³/mol. The SMILES string of the molecule is O=C1NS(=O)(=O)C(c2ccccc2)=C1c1ccccc1.